The molecule has 3 rings (SSSR count). The zero-order chi connectivity index (χ0) is 17.8. The first kappa shape index (κ1) is 18.0. The van der Waals surface area contributed by atoms with Gasteiger partial charge in [-0.15, -0.1) is 0 Å². The molecule has 0 spiro atoms. The van der Waals surface area contributed by atoms with E-state index in [2.05, 4.69) is 54.2 Å². The second-order valence-electron chi connectivity index (χ2n) is 7.49. The number of aromatic amines is 1. The highest BCUT2D eigenvalue weighted by molar-refractivity contribution is 5.90. The molecule has 25 heavy (non-hydrogen) atoms. The lowest BCUT2D eigenvalue weighted by atomic mass is 10.0. The third-order valence-electron chi connectivity index (χ3n) is 5.40. The number of fused-ring (bicyclic) bond motifs is 1. The Morgan fingerprint density at radius 3 is 2.72 bits per heavy atom. The monoisotopic (exact) mass is 341 g/mol. The first-order chi connectivity index (χ1) is 12.1. The van der Waals surface area contributed by atoms with Crippen LogP contribution in [0.4, 0.5) is 0 Å². The minimum atomic E-state index is 0.134. The fourth-order valence-electron chi connectivity index (χ4n) is 3.89. The van der Waals surface area contributed by atoms with Gasteiger partial charge in [0.1, 0.15) is 0 Å². The molecule has 0 unspecified atom stereocenters. The van der Waals surface area contributed by atoms with Gasteiger partial charge in [-0.05, 0) is 63.9 Å². The molecule has 1 aromatic heterocycles. The molecule has 1 fully saturated rings. The maximum Gasteiger partial charge on any atom is 0.224 e. The molecule has 0 bridgehead atoms. The Morgan fingerprint density at radius 2 is 2.00 bits per heavy atom. The topological polar surface area (TPSA) is 48.1 Å². The van der Waals surface area contributed by atoms with Gasteiger partial charge < -0.3 is 15.2 Å². The third-order valence-corrected chi connectivity index (χ3v) is 5.40. The van der Waals surface area contributed by atoms with Gasteiger partial charge >= 0.3 is 0 Å². The average Bonchev–Trinajstić information content (AvgIpc) is 2.90. The second kappa shape index (κ2) is 8.05. The van der Waals surface area contributed by atoms with Crippen molar-refractivity contribution in [2.75, 3.05) is 19.6 Å². The van der Waals surface area contributed by atoms with Crippen molar-refractivity contribution in [3.63, 3.8) is 0 Å². The van der Waals surface area contributed by atoms with Crippen LogP contribution in [0.3, 0.4) is 0 Å². The number of likely N-dealkylation sites (tertiary alicyclic amines) is 1. The Hall–Kier alpha value is -1.81. The Bertz CT molecular complexity index is 728. The Balaban J connectivity index is 1.65. The van der Waals surface area contributed by atoms with Crippen molar-refractivity contribution in [2.45, 2.75) is 58.9 Å². The molecule has 0 saturated carbocycles. The van der Waals surface area contributed by atoms with Crippen LogP contribution in [0.2, 0.25) is 0 Å². The summed E-state index contributed by atoms with van der Waals surface area (Å²) in [4.78, 5) is 18.6. The third kappa shape index (κ3) is 4.43. The van der Waals surface area contributed by atoms with Crippen molar-refractivity contribution >= 4 is 16.8 Å². The fraction of sp³-hybridized carbons (Fsp3) is 0.571. The number of nitrogens with one attached hydrogen (secondary N) is 2. The van der Waals surface area contributed by atoms with Crippen LogP contribution in [-0.4, -0.2) is 41.5 Å². The van der Waals surface area contributed by atoms with Crippen LogP contribution in [0.15, 0.2) is 18.2 Å². The largest absolute Gasteiger partial charge is 0.358 e. The highest BCUT2D eigenvalue weighted by Crippen LogP contribution is 2.23. The predicted molar refractivity (Wildman–Crippen MR) is 104 cm³/mol. The first-order valence-corrected chi connectivity index (χ1v) is 9.66. The van der Waals surface area contributed by atoms with Crippen LogP contribution in [0.5, 0.6) is 0 Å². The highest BCUT2D eigenvalue weighted by Gasteiger charge is 2.18. The standard InChI is InChI=1S/C21H31N3O/c1-4-17(14-24-10-6-5-7-11-24)23-21(25)13-18-16(3)22-20-9-8-15(2)12-19(18)20/h8-9,12,17,22H,4-7,10-11,13-14H2,1-3H3,(H,23,25)/t17-/m1/s1. The highest BCUT2D eigenvalue weighted by atomic mass is 16.1. The number of piperidine rings is 1. The molecule has 1 atom stereocenters. The Labute approximate surface area is 151 Å². The number of aromatic nitrogens is 1. The molecule has 136 valence electrons. The van der Waals surface area contributed by atoms with Gasteiger partial charge in [-0.1, -0.05) is 25.0 Å². The number of rotatable bonds is 6. The van der Waals surface area contributed by atoms with E-state index >= 15 is 0 Å². The van der Waals surface area contributed by atoms with E-state index in [0.717, 1.165) is 29.7 Å². The maximum atomic E-state index is 12.7. The maximum absolute atomic E-state index is 12.7. The Morgan fingerprint density at radius 1 is 1.24 bits per heavy atom. The molecule has 0 radical (unpaired) electrons. The number of aryl methyl sites for hydroxylation is 2. The summed E-state index contributed by atoms with van der Waals surface area (Å²) in [5, 5.41) is 4.44. The van der Waals surface area contributed by atoms with E-state index in [9.17, 15) is 4.79 Å². The number of H-pyrrole nitrogens is 1. The van der Waals surface area contributed by atoms with Crippen molar-refractivity contribution in [3.05, 3.63) is 35.0 Å². The molecule has 2 heterocycles. The molecule has 2 N–H and O–H groups in total. The lowest BCUT2D eigenvalue weighted by molar-refractivity contribution is -0.121. The number of hydrogen-bond donors (Lipinski definition) is 2. The minimum Gasteiger partial charge on any atom is -0.358 e. The smallest absolute Gasteiger partial charge is 0.224 e. The van der Waals surface area contributed by atoms with Crippen molar-refractivity contribution < 1.29 is 4.79 Å². The zero-order valence-corrected chi connectivity index (χ0v) is 15.8. The molecule has 0 aliphatic carbocycles. The van der Waals surface area contributed by atoms with Gasteiger partial charge in [0.05, 0.1) is 6.42 Å². The molecular weight excluding hydrogens is 310 g/mol. The average molecular weight is 341 g/mol. The van der Waals surface area contributed by atoms with Gasteiger partial charge in [0.15, 0.2) is 0 Å². The van der Waals surface area contributed by atoms with E-state index in [-0.39, 0.29) is 11.9 Å². The molecule has 1 amide bonds. The number of benzene rings is 1. The first-order valence-electron chi connectivity index (χ1n) is 9.66. The van der Waals surface area contributed by atoms with Crippen LogP contribution >= 0.6 is 0 Å². The van der Waals surface area contributed by atoms with Crippen molar-refractivity contribution in [1.29, 1.82) is 0 Å². The lowest BCUT2D eigenvalue weighted by Gasteiger charge is -2.30. The fourth-order valence-corrected chi connectivity index (χ4v) is 3.89. The molecule has 1 aliphatic heterocycles. The minimum absolute atomic E-state index is 0.134. The molecule has 2 aromatic rings. The van der Waals surface area contributed by atoms with E-state index in [4.69, 9.17) is 0 Å². The van der Waals surface area contributed by atoms with Crippen molar-refractivity contribution in [3.8, 4) is 0 Å². The van der Waals surface area contributed by atoms with Gasteiger partial charge in [0, 0.05) is 29.2 Å². The summed E-state index contributed by atoms with van der Waals surface area (Å²) in [6, 6.07) is 6.63. The summed E-state index contributed by atoms with van der Waals surface area (Å²) in [6.07, 6.45) is 5.36. The van der Waals surface area contributed by atoms with Gasteiger partial charge in [0.2, 0.25) is 5.91 Å². The number of carbonyl (C=O) groups is 1. The molecular formula is C21H31N3O. The van der Waals surface area contributed by atoms with Crippen LogP contribution in [-0.2, 0) is 11.2 Å². The van der Waals surface area contributed by atoms with Crippen LogP contribution in [0.25, 0.3) is 10.9 Å². The van der Waals surface area contributed by atoms with E-state index in [0.29, 0.717) is 6.42 Å². The summed E-state index contributed by atoms with van der Waals surface area (Å²) < 4.78 is 0. The van der Waals surface area contributed by atoms with Gasteiger partial charge in [-0.2, -0.15) is 0 Å². The molecule has 4 heteroatoms. The zero-order valence-electron chi connectivity index (χ0n) is 15.8. The second-order valence-corrected chi connectivity index (χ2v) is 7.49. The number of hydrogen-bond acceptors (Lipinski definition) is 2. The van der Waals surface area contributed by atoms with E-state index in [1.807, 2.05) is 0 Å². The SMILES string of the molecule is CC[C@H](CN1CCCCC1)NC(=O)Cc1c(C)[nH]c2ccc(C)cc12. The summed E-state index contributed by atoms with van der Waals surface area (Å²) in [5.74, 6) is 0.134. The summed E-state index contributed by atoms with van der Waals surface area (Å²) in [5.41, 5.74) is 4.57. The van der Waals surface area contributed by atoms with Crippen LogP contribution in [0.1, 0.15) is 49.4 Å². The molecule has 1 aromatic carbocycles. The Kier molecular flexibility index (Phi) is 5.79. The number of carbonyl (C=O) groups excluding carboxylic acids is 1. The van der Waals surface area contributed by atoms with E-state index in [1.165, 1.54) is 43.3 Å². The molecule has 1 saturated heterocycles. The summed E-state index contributed by atoms with van der Waals surface area (Å²) in [7, 11) is 0. The summed E-state index contributed by atoms with van der Waals surface area (Å²) >= 11 is 0. The van der Waals surface area contributed by atoms with E-state index < -0.39 is 0 Å². The van der Waals surface area contributed by atoms with Crippen molar-refractivity contribution in [2.24, 2.45) is 0 Å². The predicted octanol–water partition coefficient (Wildman–Crippen LogP) is 3.71. The molecule has 4 nitrogen and oxygen atoms in total. The van der Waals surface area contributed by atoms with Crippen LogP contribution in [0, 0.1) is 13.8 Å². The van der Waals surface area contributed by atoms with Gasteiger partial charge in [-0.3, -0.25) is 4.79 Å². The van der Waals surface area contributed by atoms with Crippen molar-refractivity contribution in [1.82, 2.24) is 15.2 Å². The molecule has 1 aliphatic rings. The van der Waals surface area contributed by atoms with Crippen LogP contribution < -0.4 is 5.32 Å². The quantitative estimate of drug-likeness (QED) is 0.841. The number of amides is 1. The van der Waals surface area contributed by atoms with Gasteiger partial charge in [-0.25, -0.2) is 0 Å². The lowest BCUT2D eigenvalue weighted by Crippen LogP contribution is -2.45. The van der Waals surface area contributed by atoms with Gasteiger partial charge in [0.25, 0.3) is 0 Å². The summed E-state index contributed by atoms with van der Waals surface area (Å²) in [6.45, 7) is 9.64. The number of nitrogens with zero attached hydrogens (tertiary/aromatic N) is 1. The van der Waals surface area contributed by atoms with E-state index in [1.54, 1.807) is 0 Å². The normalized spacial score (nSPS) is 16.9.